The monoisotopic (exact) mass is 322 g/mol. The van der Waals surface area contributed by atoms with Gasteiger partial charge in [0.2, 0.25) is 0 Å². The highest BCUT2D eigenvalue weighted by Gasteiger charge is 2.23. The number of piperidine rings is 1. The number of hydrogen-bond donors (Lipinski definition) is 0. The van der Waals surface area contributed by atoms with Crippen molar-refractivity contribution >= 4 is 5.69 Å². The lowest BCUT2D eigenvalue weighted by Gasteiger charge is -2.33. The van der Waals surface area contributed by atoms with Gasteiger partial charge in [0.15, 0.2) is 0 Å². The molecule has 4 nitrogen and oxygen atoms in total. The molecular formula is C20H26N4. The summed E-state index contributed by atoms with van der Waals surface area (Å²) in [6.07, 6.45) is 8.68. The van der Waals surface area contributed by atoms with Crippen molar-refractivity contribution in [2.24, 2.45) is 0 Å². The second-order valence-corrected chi connectivity index (χ2v) is 7.03. The van der Waals surface area contributed by atoms with Crippen molar-refractivity contribution in [3.8, 4) is 0 Å². The number of rotatable bonds is 4. The molecule has 1 atom stereocenters. The van der Waals surface area contributed by atoms with Gasteiger partial charge in [0.05, 0.1) is 0 Å². The molecule has 24 heavy (non-hydrogen) atoms. The van der Waals surface area contributed by atoms with Crippen molar-refractivity contribution in [2.45, 2.75) is 38.1 Å². The molecule has 0 saturated carbocycles. The summed E-state index contributed by atoms with van der Waals surface area (Å²) in [5.41, 5.74) is 4.12. The number of nitrogens with zero attached hydrogens (tertiary/aromatic N) is 4. The molecule has 0 amide bonds. The standard InChI is InChI=1S/C20H26N4/c1-2-8-20(24-12-3-4-13-24)18(6-1)15-23-11-5-7-17(14-23)19-9-10-21-16-22-19/h1-2,6,8-10,16-17H,3-5,7,11-15H2. The maximum Gasteiger partial charge on any atom is 0.115 e. The lowest BCUT2D eigenvalue weighted by atomic mass is 9.94. The van der Waals surface area contributed by atoms with Crippen LogP contribution < -0.4 is 4.90 Å². The smallest absolute Gasteiger partial charge is 0.115 e. The molecular weight excluding hydrogens is 296 g/mol. The van der Waals surface area contributed by atoms with E-state index in [9.17, 15) is 0 Å². The van der Waals surface area contributed by atoms with E-state index in [2.05, 4.69) is 50.1 Å². The van der Waals surface area contributed by atoms with Gasteiger partial charge in [0.1, 0.15) is 6.33 Å². The Bertz CT molecular complexity index is 652. The van der Waals surface area contributed by atoms with Crippen LogP contribution in [-0.4, -0.2) is 41.0 Å². The Morgan fingerprint density at radius 1 is 1.00 bits per heavy atom. The van der Waals surface area contributed by atoms with E-state index >= 15 is 0 Å². The average molecular weight is 322 g/mol. The molecule has 1 unspecified atom stereocenters. The Labute approximate surface area is 144 Å². The Kier molecular flexibility index (Phi) is 4.74. The molecule has 0 N–H and O–H groups in total. The van der Waals surface area contributed by atoms with Gasteiger partial charge in [0.25, 0.3) is 0 Å². The largest absolute Gasteiger partial charge is 0.371 e. The summed E-state index contributed by atoms with van der Waals surface area (Å²) < 4.78 is 0. The molecule has 1 aromatic carbocycles. The predicted octanol–water partition coefficient (Wildman–Crippen LogP) is 3.46. The summed E-state index contributed by atoms with van der Waals surface area (Å²) in [6.45, 7) is 5.76. The van der Waals surface area contributed by atoms with Crippen molar-refractivity contribution in [3.63, 3.8) is 0 Å². The fourth-order valence-corrected chi connectivity index (χ4v) is 4.13. The van der Waals surface area contributed by atoms with E-state index in [0.29, 0.717) is 5.92 Å². The number of benzene rings is 1. The molecule has 2 aliphatic heterocycles. The lowest BCUT2D eigenvalue weighted by Crippen LogP contribution is -2.34. The van der Waals surface area contributed by atoms with Gasteiger partial charge < -0.3 is 4.90 Å². The van der Waals surface area contributed by atoms with Crippen LogP contribution in [0.4, 0.5) is 5.69 Å². The minimum absolute atomic E-state index is 0.542. The van der Waals surface area contributed by atoms with E-state index in [4.69, 9.17) is 0 Å². The summed E-state index contributed by atoms with van der Waals surface area (Å²) in [5, 5.41) is 0. The number of para-hydroxylation sites is 1. The topological polar surface area (TPSA) is 32.3 Å². The summed E-state index contributed by atoms with van der Waals surface area (Å²) >= 11 is 0. The van der Waals surface area contributed by atoms with Gasteiger partial charge in [0, 0.05) is 49.7 Å². The second kappa shape index (κ2) is 7.31. The molecule has 0 radical (unpaired) electrons. The van der Waals surface area contributed by atoms with Gasteiger partial charge in [-0.25, -0.2) is 9.97 Å². The molecule has 126 valence electrons. The molecule has 4 rings (SSSR count). The first kappa shape index (κ1) is 15.6. The van der Waals surface area contributed by atoms with Crippen molar-refractivity contribution in [2.75, 3.05) is 31.1 Å². The zero-order valence-electron chi connectivity index (χ0n) is 14.3. The van der Waals surface area contributed by atoms with Gasteiger partial charge in [-0.15, -0.1) is 0 Å². The van der Waals surface area contributed by atoms with Crippen LogP contribution in [0.15, 0.2) is 42.9 Å². The van der Waals surface area contributed by atoms with Gasteiger partial charge in [-0.2, -0.15) is 0 Å². The maximum absolute atomic E-state index is 4.48. The van der Waals surface area contributed by atoms with E-state index in [-0.39, 0.29) is 0 Å². The normalized spacial score (nSPS) is 22.0. The minimum atomic E-state index is 0.542. The van der Waals surface area contributed by atoms with Crippen LogP contribution in [0.3, 0.4) is 0 Å². The molecule has 2 fully saturated rings. The quantitative estimate of drug-likeness (QED) is 0.863. The van der Waals surface area contributed by atoms with Crippen molar-refractivity contribution < 1.29 is 0 Å². The van der Waals surface area contributed by atoms with E-state index in [1.807, 2.05) is 6.20 Å². The lowest BCUT2D eigenvalue weighted by molar-refractivity contribution is 0.198. The van der Waals surface area contributed by atoms with Crippen LogP contribution in [0.2, 0.25) is 0 Å². The Morgan fingerprint density at radius 2 is 1.88 bits per heavy atom. The molecule has 4 heteroatoms. The SMILES string of the molecule is c1ccc(N2CCCC2)c(CN2CCCC(c3ccncn3)C2)c1. The highest BCUT2D eigenvalue weighted by Crippen LogP contribution is 2.29. The summed E-state index contributed by atoms with van der Waals surface area (Å²) in [7, 11) is 0. The highest BCUT2D eigenvalue weighted by molar-refractivity contribution is 5.54. The molecule has 3 heterocycles. The van der Waals surface area contributed by atoms with Crippen LogP contribution in [-0.2, 0) is 6.54 Å². The third-order valence-electron chi connectivity index (χ3n) is 5.36. The van der Waals surface area contributed by atoms with Gasteiger partial charge in [-0.1, -0.05) is 18.2 Å². The number of likely N-dealkylation sites (tertiary alicyclic amines) is 1. The molecule has 0 aliphatic carbocycles. The van der Waals surface area contributed by atoms with Gasteiger partial charge >= 0.3 is 0 Å². The highest BCUT2D eigenvalue weighted by atomic mass is 15.2. The Balaban J connectivity index is 1.47. The van der Waals surface area contributed by atoms with Crippen molar-refractivity contribution in [1.29, 1.82) is 0 Å². The van der Waals surface area contributed by atoms with Crippen molar-refractivity contribution in [1.82, 2.24) is 14.9 Å². The summed E-state index contributed by atoms with van der Waals surface area (Å²) in [4.78, 5) is 13.7. The Hall–Kier alpha value is -1.94. The van der Waals surface area contributed by atoms with Gasteiger partial charge in [-0.05, 0) is 49.9 Å². The number of anilines is 1. The third kappa shape index (κ3) is 3.44. The number of hydrogen-bond acceptors (Lipinski definition) is 4. The van der Waals surface area contributed by atoms with Crippen molar-refractivity contribution in [3.05, 3.63) is 54.1 Å². The van der Waals surface area contributed by atoms with Crippen LogP contribution >= 0.6 is 0 Å². The first-order valence-corrected chi connectivity index (χ1v) is 9.21. The molecule has 2 saturated heterocycles. The van der Waals surface area contributed by atoms with E-state index in [1.165, 1.54) is 62.3 Å². The van der Waals surface area contributed by atoms with E-state index < -0.39 is 0 Å². The summed E-state index contributed by atoms with van der Waals surface area (Å²) in [6, 6.07) is 11.0. The van der Waals surface area contributed by atoms with Gasteiger partial charge in [-0.3, -0.25) is 4.90 Å². The predicted molar refractivity (Wildman–Crippen MR) is 97.2 cm³/mol. The molecule has 0 spiro atoms. The molecule has 2 aromatic rings. The maximum atomic E-state index is 4.48. The third-order valence-corrected chi connectivity index (χ3v) is 5.36. The van der Waals surface area contributed by atoms with E-state index in [1.54, 1.807) is 6.33 Å². The van der Waals surface area contributed by atoms with Crippen LogP contribution in [0.5, 0.6) is 0 Å². The summed E-state index contributed by atoms with van der Waals surface area (Å²) in [5.74, 6) is 0.542. The molecule has 0 bridgehead atoms. The zero-order valence-corrected chi connectivity index (χ0v) is 14.3. The minimum Gasteiger partial charge on any atom is -0.371 e. The van der Waals surface area contributed by atoms with E-state index in [0.717, 1.165) is 13.1 Å². The number of aromatic nitrogens is 2. The fourth-order valence-electron chi connectivity index (χ4n) is 4.13. The second-order valence-electron chi connectivity index (χ2n) is 7.03. The van der Waals surface area contributed by atoms with Crippen LogP contribution in [0, 0.1) is 0 Å². The average Bonchev–Trinajstić information content (AvgIpc) is 3.18. The first-order chi connectivity index (χ1) is 11.9. The van der Waals surface area contributed by atoms with Crippen LogP contribution in [0.1, 0.15) is 42.9 Å². The Morgan fingerprint density at radius 3 is 2.71 bits per heavy atom. The molecule has 2 aliphatic rings. The first-order valence-electron chi connectivity index (χ1n) is 9.21. The molecule has 1 aromatic heterocycles. The van der Waals surface area contributed by atoms with Crippen LogP contribution in [0.25, 0.3) is 0 Å². The zero-order chi connectivity index (χ0) is 16.2. The fraction of sp³-hybridized carbons (Fsp3) is 0.500.